The minimum atomic E-state index is -0.328. The normalized spacial score (nSPS) is 12.4. The summed E-state index contributed by atoms with van der Waals surface area (Å²) in [5, 5.41) is 14.3. The molecule has 0 aliphatic carbocycles. The van der Waals surface area contributed by atoms with Crippen molar-refractivity contribution in [1.82, 2.24) is 19.7 Å². The maximum absolute atomic E-state index is 12.4. The molecule has 2 N–H and O–H groups in total. The second-order valence-electron chi connectivity index (χ2n) is 5.98. The Kier molecular flexibility index (Phi) is 4.45. The standard InChI is InChI=1S/C17H21N5O3/c1-10(11-5-7-12(25-4)8-6-11)22-15-14(13(9-23)20-22)16(24)19-17(18-15)21(2)3/h5-8,10,23H,9H2,1-4H3,(H,18,19,24). The quantitative estimate of drug-likeness (QED) is 0.725. The van der Waals surface area contributed by atoms with Crippen LogP contribution in [0, 0.1) is 0 Å². The van der Waals surface area contributed by atoms with Gasteiger partial charge < -0.3 is 14.7 Å². The zero-order valence-corrected chi connectivity index (χ0v) is 14.6. The number of hydrogen-bond donors (Lipinski definition) is 2. The van der Waals surface area contributed by atoms with Gasteiger partial charge in [-0.2, -0.15) is 10.1 Å². The molecule has 0 saturated carbocycles. The van der Waals surface area contributed by atoms with Crippen LogP contribution in [-0.4, -0.2) is 46.1 Å². The van der Waals surface area contributed by atoms with Crippen LogP contribution in [0.15, 0.2) is 29.1 Å². The molecular formula is C17H21N5O3. The second kappa shape index (κ2) is 6.56. The van der Waals surface area contributed by atoms with Gasteiger partial charge in [-0.05, 0) is 24.6 Å². The molecule has 3 rings (SSSR count). The number of hydrogen-bond acceptors (Lipinski definition) is 6. The molecule has 0 radical (unpaired) electrons. The molecule has 0 aliphatic heterocycles. The maximum atomic E-state index is 12.4. The van der Waals surface area contributed by atoms with Gasteiger partial charge in [-0.1, -0.05) is 12.1 Å². The molecule has 0 bridgehead atoms. The first-order chi connectivity index (χ1) is 12.0. The largest absolute Gasteiger partial charge is 0.497 e. The predicted octanol–water partition coefficient (Wildman–Crippen LogP) is 1.30. The Bertz CT molecular complexity index is 943. The third-order valence-corrected chi connectivity index (χ3v) is 4.16. The Balaban J connectivity index is 2.18. The van der Waals surface area contributed by atoms with Crippen LogP contribution in [0.4, 0.5) is 5.95 Å². The number of aromatic nitrogens is 4. The lowest BCUT2D eigenvalue weighted by atomic mass is 10.1. The lowest BCUT2D eigenvalue weighted by Gasteiger charge is -2.15. The average Bonchev–Trinajstić information content (AvgIpc) is 3.00. The Labute approximate surface area is 144 Å². The van der Waals surface area contributed by atoms with Crippen LogP contribution in [0.25, 0.3) is 11.0 Å². The van der Waals surface area contributed by atoms with E-state index in [2.05, 4.69) is 15.1 Å². The molecule has 0 fully saturated rings. The first kappa shape index (κ1) is 17.0. The van der Waals surface area contributed by atoms with E-state index in [1.165, 1.54) is 0 Å². The molecule has 2 aromatic heterocycles. The van der Waals surface area contributed by atoms with Gasteiger partial charge in [-0.15, -0.1) is 0 Å². The van der Waals surface area contributed by atoms with Gasteiger partial charge in [0.2, 0.25) is 5.95 Å². The molecule has 3 aromatic rings. The number of aliphatic hydroxyl groups excluding tert-OH is 1. The molecular weight excluding hydrogens is 322 g/mol. The predicted molar refractivity (Wildman–Crippen MR) is 95.2 cm³/mol. The summed E-state index contributed by atoms with van der Waals surface area (Å²) in [7, 11) is 5.21. The number of nitrogens with zero attached hydrogens (tertiary/aromatic N) is 4. The topological polar surface area (TPSA) is 96.3 Å². The Hall–Kier alpha value is -2.87. The fourth-order valence-electron chi connectivity index (χ4n) is 2.72. The van der Waals surface area contributed by atoms with Crippen molar-refractivity contribution in [3.05, 3.63) is 45.9 Å². The highest BCUT2D eigenvalue weighted by molar-refractivity contribution is 5.78. The van der Waals surface area contributed by atoms with E-state index in [1.807, 2.05) is 31.2 Å². The summed E-state index contributed by atoms with van der Waals surface area (Å²) in [4.78, 5) is 21.4. The number of nitrogens with one attached hydrogen (secondary N) is 1. The maximum Gasteiger partial charge on any atom is 0.263 e. The molecule has 8 heteroatoms. The number of aliphatic hydroxyl groups is 1. The monoisotopic (exact) mass is 343 g/mol. The van der Waals surface area contributed by atoms with Gasteiger partial charge in [0.1, 0.15) is 16.8 Å². The Morgan fingerprint density at radius 3 is 2.56 bits per heavy atom. The number of fused-ring (bicyclic) bond motifs is 1. The zero-order valence-electron chi connectivity index (χ0n) is 14.6. The van der Waals surface area contributed by atoms with Crippen molar-refractivity contribution in [2.45, 2.75) is 19.6 Å². The van der Waals surface area contributed by atoms with Crippen molar-refractivity contribution in [2.75, 3.05) is 26.1 Å². The third kappa shape index (κ3) is 2.96. The lowest BCUT2D eigenvalue weighted by molar-refractivity contribution is 0.276. The molecule has 8 nitrogen and oxygen atoms in total. The number of methoxy groups -OCH3 is 1. The number of benzene rings is 1. The van der Waals surface area contributed by atoms with Gasteiger partial charge in [0.25, 0.3) is 5.56 Å². The highest BCUT2D eigenvalue weighted by Gasteiger charge is 2.21. The van der Waals surface area contributed by atoms with Gasteiger partial charge in [-0.25, -0.2) is 4.68 Å². The summed E-state index contributed by atoms with van der Waals surface area (Å²) in [6, 6.07) is 7.45. The van der Waals surface area contributed by atoms with Crippen molar-refractivity contribution < 1.29 is 9.84 Å². The molecule has 0 aliphatic rings. The van der Waals surface area contributed by atoms with E-state index in [0.29, 0.717) is 22.7 Å². The van der Waals surface area contributed by atoms with Crippen LogP contribution in [0.1, 0.15) is 24.2 Å². The molecule has 1 unspecified atom stereocenters. The van der Waals surface area contributed by atoms with Crippen molar-refractivity contribution in [1.29, 1.82) is 0 Å². The first-order valence-corrected chi connectivity index (χ1v) is 7.89. The number of H-pyrrole nitrogens is 1. The Morgan fingerprint density at radius 2 is 2.00 bits per heavy atom. The summed E-state index contributed by atoms with van der Waals surface area (Å²) in [6.07, 6.45) is 0. The van der Waals surface area contributed by atoms with Gasteiger partial charge in [0, 0.05) is 14.1 Å². The number of aromatic amines is 1. The highest BCUT2D eigenvalue weighted by atomic mass is 16.5. The summed E-state index contributed by atoms with van der Waals surface area (Å²) in [6.45, 7) is 1.64. The first-order valence-electron chi connectivity index (χ1n) is 7.89. The summed E-state index contributed by atoms with van der Waals surface area (Å²) in [5.41, 5.74) is 1.43. The van der Waals surface area contributed by atoms with E-state index >= 15 is 0 Å². The number of ether oxygens (including phenoxy) is 1. The average molecular weight is 343 g/mol. The van der Waals surface area contributed by atoms with Crippen LogP contribution in [-0.2, 0) is 6.61 Å². The SMILES string of the molecule is COc1ccc(C(C)n2nc(CO)c3c(=O)[nH]c(N(C)C)nc32)cc1. The molecule has 1 atom stereocenters. The zero-order chi connectivity index (χ0) is 18.1. The third-order valence-electron chi connectivity index (χ3n) is 4.16. The van der Waals surface area contributed by atoms with Crippen LogP contribution in [0.2, 0.25) is 0 Å². The number of rotatable bonds is 5. The van der Waals surface area contributed by atoms with Crippen LogP contribution < -0.4 is 15.2 Å². The van der Waals surface area contributed by atoms with Crippen molar-refractivity contribution in [3.8, 4) is 5.75 Å². The van der Waals surface area contributed by atoms with Crippen molar-refractivity contribution in [2.24, 2.45) is 0 Å². The van der Waals surface area contributed by atoms with E-state index < -0.39 is 0 Å². The minimum absolute atomic E-state index is 0.169. The van der Waals surface area contributed by atoms with E-state index in [9.17, 15) is 9.90 Å². The number of anilines is 1. The Morgan fingerprint density at radius 1 is 1.32 bits per heavy atom. The van der Waals surface area contributed by atoms with Gasteiger partial charge in [0.05, 0.1) is 19.8 Å². The summed E-state index contributed by atoms with van der Waals surface area (Å²) < 4.78 is 6.86. The summed E-state index contributed by atoms with van der Waals surface area (Å²) >= 11 is 0. The van der Waals surface area contributed by atoms with E-state index in [1.54, 1.807) is 30.8 Å². The van der Waals surface area contributed by atoms with E-state index in [4.69, 9.17) is 4.74 Å². The molecule has 0 spiro atoms. The second-order valence-corrected chi connectivity index (χ2v) is 5.98. The van der Waals surface area contributed by atoms with Crippen molar-refractivity contribution in [3.63, 3.8) is 0 Å². The minimum Gasteiger partial charge on any atom is -0.497 e. The molecule has 0 saturated heterocycles. The van der Waals surface area contributed by atoms with Gasteiger partial charge in [-0.3, -0.25) is 9.78 Å². The fourth-order valence-corrected chi connectivity index (χ4v) is 2.72. The van der Waals surface area contributed by atoms with Crippen LogP contribution in [0.5, 0.6) is 5.75 Å². The van der Waals surface area contributed by atoms with Gasteiger partial charge in [0.15, 0.2) is 5.65 Å². The molecule has 1 aromatic carbocycles. The molecule has 0 amide bonds. The van der Waals surface area contributed by atoms with Gasteiger partial charge >= 0.3 is 0 Å². The van der Waals surface area contributed by atoms with E-state index in [-0.39, 0.29) is 18.2 Å². The highest BCUT2D eigenvalue weighted by Crippen LogP contribution is 2.25. The summed E-state index contributed by atoms with van der Waals surface area (Å²) in [5.74, 6) is 1.20. The molecule has 132 valence electrons. The van der Waals surface area contributed by atoms with Crippen LogP contribution >= 0.6 is 0 Å². The van der Waals surface area contributed by atoms with Crippen LogP contribution in [0.3, 0.4) is 0 Å². The smallest absolute Gasteiger partial charge is 0.263 e. The van der Waals surface area contributed by atoms with E-state index in [0.717, 1.165) is 11.3 Å². The lowest BCUT2D eigenvalue weighted by Crippen LogP contribution is -2.20. The van der Waals surface area contributed by atoms with Crippen molar-refractivity contribution >= 4 is 17.0 Å². The fraction of sp³-hybridized carbons (Fsp3) is 0.353. The molecule has 2 heterocycles. The molecule has 25 heavy (non-hydrogen) atoms.